The normalized spacial score (nSPS) is 16.8. The van der Waals surface area contributed by atoms with Gasteiger partial charge in [-0.2, -0.15) is 0 Å². The van der Waals surface area contributed by atoms with Gasteiger partial charge in [0.1, 0.15) is 11.9 Å². The third-order valence-electron chi connectivity index (χ3n) is 4.72. The van der Waals surface area contributed by atoms with Gasteiger partial charge in [-0.15, -0.1) is 0 Å². The largest absolute Gasteiger partial charge is 0.368 e. The molecule has 142 valence electrons. The summed E-state index contributed by atoms with van der Waals surface area (Å²) in [5.41, 5.74) is 3.18. The molecule has 0 N–H and O–H groups in total. The van der Waals surface area contributed by atoms with Crippen molar-refractivity contribution in [3.63, 3.8) is 0 Å². The Kier molecular flexibility index (Phi) is 5.37. The van der Waals surface area contributed by atoms with Gasteiger partial charge >= 0.3 is 0 Å². The SMILES string of the molecule is O=C(c1ccc(F)cc1)N1CCO[C@@H](c2ccc(-c3cccc(Cl)c3)cn2)C1. The zero-order chi connectivity index (χ0) is 19.5. The van der Waals surface area contributed by atoms with Crippen LogP contribution >= 0.6 is 11.6 Å². The first-order chi connectivity index (χ1) is 13.6. The lowest BCUT2D eigenvalue weighted by Gasteiger charge is -2.32. The van der Waals surface area contributed by atoms with Crippen molar-refractivity contribution in [2.24, 2.45) is 0 Å². The Balaban J connectivity index is 1.48. The van der Waals surface area contributed by atoms with Gasteiger partial charge in [0.25, 0.3) is 5.91 Å². The lowest BCUT2D eigenvalue weighted by molar-refractivity contribution is -0.0247. The number of morpholine rings is 1. The molecule has 1 aliphatic heterocycles. The van der Waals surface area contributed by atoms with Crippen molar-refractivity contribution in [1.82, 2.24) is 9.88 Å². The highest BCUT2D eigenvalue weighted by atomic mass is 35.5. The van der Waals surface area contributed by atoms with Crippen molar-refractivity contribution >= 4 is 17.5 Å². The smallest absolute Gasteiger partial charge is 0.254 e. The van der Waals surface area contributed by atoms with Gasteiger partial charge in [-0.1, -0.05) is 29.8 Å². The van der Waals surface area contributed by atoms with Crippen LogP contribution in [0.3, 0.4) is 0 Å². The third kappa shape index (κ3) is 4.06. The zero-order valence-electron chi connectivity index (χ0n) is 15.0. The van der Waals surface area contributed by atoms with Crippen LogP contribution in [0.4, 0.5) is 4.39 Å². The number of rotatable bonds is 3. The van der Waals surface area contributed by atoms with Crippen molar-refractivity contribution in [2.75, 3.05) is 19.7 Å². The molecule has 2 heterocycles. The van der Waals surface area contributed by atoms with Gasteiger partial charge in [-0.3, -0.25) is 9.78 Å². The van der Waals surface area contributed by atoms with Crippen LogP contribution in [0.1, 0.15) is 22.2 Å². The molecule has 28 heavy (non-hydrogen) atoms. The molecule has 0 aliphatic carbocycles. The van der Waals surface area contributed by atoms with Crippen molar-refractivity contribution in [1.29, 1.82) is 0 Å². The van der Waals surface area contributed by atoms with E-state index in [0.29, 0.717) is 30.3 Å². The first-order valence-electron chi connectivity index (χ1n) is 8.98. The van der Waals surface area contributed by atoms with Crippen molar-refractivity contribution in [2.45, 2.75) is 6.10 Å². The zero-order valence-corrected chi connectivity index (χ0v) is 15.8. The summed E-state index contributed by atoms with van der Waals surface area (Å²) in [5.74, 6) is -0.496. The molecule has 0 spiro atoms. The van der Waals surface area contributed by atoms with Crippen LogP contribution in [0.5, 0.6) is 0 Å². The number of pyridine rings is 1. The molecule has 1 atom stereocenters. The second-order valence-electron chi connectivity index (χ2n) is 6.60. The molecule has 6 heteroatoms. The fraction of sp³-hybridized carbons (Fsp3) is 0.182. The molecular formula is C22H18ClFN2O2. The predicted molar refractivity (Wildman–Crippen MR) is 106 cm³/mol. The van der Waals surface area contributed by atoms with Gasteiger partial charge in [0.2, 0.25) is 0 Å². The lowest BCUT2D eigenvalue weighted by atomic mass is 10.1. The molecule has 1 saturated heterocycles. The molecule has 0 saturated carbocycles. The first kappa shape index (κ1) is 18.6. The molecule has 1 aliphatic rings. The number of hydrogen-bond donors (Lipinski definition) is 0. The van der Waals surface area contributed by atoms with Crippen molar-refractivity contribution < 1.29 is 13.9 Å². The van der Waals surface area contributed by atoms with E-state index in [1.54, 1.807) is 11.1 Å². The topological polar surface area (TPSA) is 42.4 Å². The Morgan fingerprint density at radius 1 is 1.11 bits per heavy atom. The summed E-state index contributed by atoms with van der Waals surface area (Å²) in [6.45, 7) is 1.32. The molecule has 0 bridgehead atoms. The summed E-state index contributed by atoms with van der Waals surface area (Å²) in [6, 6.07) is 17.1. The van der Waals surface area contributed by atoms with Crippen LogP contribution in [-0.2, 0) is 4.74 Å². The maximum Gasteiger partial charge on any atom is 0.254 e. The average Bonchev–Trinajstić information content (AvgIpc) is 2.74. The molecular weight excluding hydrogens is 379 g/mol. The molecule has 1 aromatic heterocycles. The summed E-state index contributed by atoms with van der Waals surface area (Å²) >= 11 is 6.05. The molecule has 1 amide bonds. The number of aromatic nitrogens is 1. The van der Waals surface area contributed by atoms with Crippen LogP contribution in [0.2, 0.25) is 5.02 Å². The Morgan fingerprint density at radius 2 is 1.93 bits per heavy atom. The van der Waals surface area contributed by atoms with E-state index in [0.717, 1.165) is 16.8 Å². The second kappa shape index (κ2) is 8.09. The molecule has 0 radical (unpaired) electrons. The Bertz CT molecular complexity index is 977. The third-order valence-corrected chi connectivity index (χ3v) is 4.95. The Hall–Kier alpha value is -2.76. The van der Waals surface area contributed by atoms with Gasteiger partial charge in [0.15, 0.2) is 0 Å². The summed E-state index contributed by atoms with van der Waals surface area (Å²) in [7, 11) is 0. The van der Waals surface area contributed by atoms with Crippen molar-refractivity contribution in [3.05, 3.63) is 89.0 Å². The number of hydrogen-bond acceptors (Lipinski definition) is 3. The summed E-state index contributed by atoms with van der Waals surface area (Å²) < 4.78 is 18.9. The Morgan fingerprint density at radius 3 is 2.64 bits per heavy atom. The maximum atomic E-state index is 13.1. The summed E-state index contributed by atoms with van der Waals surface area (Å²) in [4.78, 5) is 18.9. The first-order valence-corrected chi connectivity index (χ1v) is 9.36. The molecule has 2 aromatic carbocycles. The highest BCUT2D eigenvalue weighted by Gasteiger charge is 2.27. The molecule has 1 fully saturated rings. The molecule has 3 aromatic rings. The maximum absolute atomic E-state index is 13.1. The molecule has 4 nitrogen and oxygen atoms in total. The average molecular weight is 397 g/mol. The minimum absolute atomic E-state index is 0.135. The van der Waals surface area contributed by atoms with E-state index in [4.69, 9.17) is 16.3 Å². The van der Waals surface area contributed by atoms with Gasteiger partial charge < -0.3 is 9.64 Å². The highest BCUT2D eigenvalue weighted by molar-refractivity contribution is 6.30. The van der Waals surface area contributed by atoms with E-state index in [9.17, 15) is 9.18 Å². The number of amides is 1. The van der Waals surface area contributed by atoms with Crippen LogP contribution in [0, 0.1) is 5.82 Å². The highest BCUT2D eigenvalue weighted by Crippen LogP contribution is 2.26. The van der Waals surface area contributed by atoms with Crippen LogP contribution in [-0.4, -0.2) is 35.5 Å². The van der Waals surface area contributed by atoms with Crippen molar-refractivity contribution in [3.8, 4) is 11.1 Å². The van der Waals surface area contributed by atoms with Gasteiger partial charge in [-0.05, 0) is 48.0 Å². The number of ether oxygens (including phenoxy) is 1. The van der Waals surface area contributed by atoms with E-state index < -0.39 is 0 Å². The number of nitrogens with zero attached hydrogens (tertiary/aromatic N) is 2. The fourth-order valence-corrected chi connectivity index (χ4v) is 3.41. The molecule has 0 unspecified atom stereocenters. The second-order valence-corrected chi connectivity index (χ2v) is 7.04. The minimum Gasteiger partial charge on any atom is -0.368 e. The summed E-state index contributed by atoms with van der Waals surface area (Å²) in [5, 5.41) is 0.673. The van der Waals surface area contributed by atoms with Crippen LogP contribution in [0.15, 0.2) is 66.9 Å². The quantitative estimate of drug-likeness (QED) is 0.641. The van der Waals surface area contributed by atoms with E-state index >= 15 is 0 Å². The van der Waals surface area contributed by atoms with Crippen LogP contribution in [0.25, 0.3) is 11.1 Å². The summed E-state index contributed by atoms with van der Waals surface area (Å²) in [6.07, 6.45) is 1.48. The van der Waals surface area contributed by atoms with Crippen LogP contribution < -0.4 is 0 Å². The van der Waals surface area contributed by atoms with E-state index in [1.165, 1.54) is 24.3 Å². The number of benzene rings is 2. The number of carbonyl (C=O) groups excluding carboxylic acids is 1. The van der Waals surface area contributed by atoms with Gasteiger partial charge in [0.05, 0.1) is 18.8 Å². The Labute approximate surface area is 167 Å². The van der Waals surface area contributed by atoms with Gasteiger partial charge in [-0.25, -0.2) is 4.39 Å². The lowest BCUT2D eigenvalue weighted by Crippen LogP contribution is -2.42. The van der Waals surface area contributed by atoms with Gasteiger partial charge in [0, 0.05) is 28.9 Å². The monoisotopic (exact) mass is 396 g/mol. The minimum atomic E-state index is -0.361. The predicted octanol–water partition coefficient (Wildman–Crippen LogP) is 4.75. The van der Waals surface area contributed by atoms with E-state index in [-0.39, 0.29) is 17.8 Å². The number of halogens is 2. The fourth-order valence-electron chi connectivity index (χ4n) is 3.22. The van der Waals surface area contributed by atoms with E-state index in [2.05, 4.69) is 4.98 Å². The van der Waals surface area contributed by atoms with E-state index in [1.807, 2.05) is 36.4 Å². The standard InChI is InChI=1S/C22H18ClFN2O2/c23-18-3-1-2-16(12-18)17-6-9-20(25-13-17)21-14-26(10-11-28-21)22(27)15-4-7-19(24)8-5-15/h1-9,12-13,21H,10-11,14H2/t21-/m1/s1. The molecule has 4 rings (SSSR count). The number of carbonyl (C=O) groups is 1.